The van der Waals surface area contributed by atoms with E-state index in [0.717, 1.165) is 18.7 Å². The minimum Gasteiger partial charge on any atom is -0.465 e. The van der Waals surface area contributed by atoms with Crippen molar-refractivity contribution in [2.24, 2.45) is 5.73 Å². The molecule has 0 radical (unpaired) electrons. The summed E-state index contributed by atoms with van der Waals surface area (Å²) in [6.45, 7) is 5.12. The number of carbonyl (C=O) groups excluding carboxylic acids is 1. The number of nitrogens with zero attached hydrogens (tertiary/aromatic N) is 2. The molecular formula is C11H19N3O2. The molecule has 0 saturated carbocycles. The third-order valence-corrected chi connectivity index (χ3v) is 2.28. The van der Waals surface area contributed by atoms with Crippen LogP contribution in [0.3, 0.4) is 0 Å². The molecule has 90 valence electrons. The Morgan fingerprint density at radius 1 is 1.62 bits per heavy atom. The van der Waals surface area contributed by atoms with Crippen LogP contribution in [0.2, 0.25) is 0 Å². The second kappa shape index (κ2) is 6.27. The van der Waals surface area contributed by atoms with Crippen LogP contribution in [0.15, 0.2) is 12.5 Å². The third-order valence-electron chi connectivity index (χ3n) is 2.28. The molecule has 1 unspecified atom stereocenters. The minimum atomic E-state index is -0.604. The maximum atomic E-state index is 11.4. The molecular weight excluding hydrogens is 206 g/mol. The highest BCUT2D eigenvalue weighted by Crippen LogP contribution is 2.04. The highest BCUT2D eigenvalue weighted by atomic mass is 16.5. The number of carbonyl (C=O) groups is 1. The van der Waals surface area contributed by atoms with Crippen molar-refractivity contribution in [1.29, 1.82) is 0 Å². The van der Waals surface area contributed by atoms with Gasteiger partial charge in [0.05, 0.1) is 12.9 Å². The van der Waals surface area contributed by atoms with Crippen molar-refractivity contribution in [1.82, 2.24) is 9.55 Å². The molecule has 5 nitrogen and oxygen atoms in total. The van der Waals surface area contributed by atoms with Crippen molar-refractivity contribution < 1.29 is 9.53 Å². The van der Waals surface area contributed by atoms with Crippen molar-refractivity contribution in [3.8, 4) is 0 Å². The van der Waals surface area contributed by atoms with Crippen LogP contribution in [0.5, 0.6) is 0 Å². The van der Waals surface area contributed by atoms with Crippen LogP contribution in [0.1, 0.15) is 26.0 Å². The lowest BCUT2D eigenvalue weighted by molar-refractivity contribution is -0.144. The summed E-state index contributed by atoms with van der Waals surface area (Å²) in [5.74, 6) is -0.355. The average molecular weight is 225 g/mol. The van der Waals surface area contributed by atoms with Gasteiger partial charge in [-0.05, 0) is 13.3 Å². The minimum absolute atomic E-state index is 0.355. The van der Waals surface area contributed by atoms with E-state index in [1.165, 1.54) is 0 Å². The van der Waals surface area contributed by atoms with E-state index >= 15 is 0 Å². The van der Waals surface area contributed by atoms with Gasteiger partial charge in [-0.3, -0.25) is 4.79 Å². The fourth-order valence-electron chi connectivity index (χ4n) is 1.52. The Labute approximate surface area is 95.6 Å². The van der Waals surface area contributed by atoms with Gasteiger partial charge in [0.15, 0.2) is 0 Å². The molecule has 1 aromatic heterocycles. The summed E-state index contributed by atoms with van der Waals surface area (Å²) in [5.41, 5.74) is 6.72. The van der Waals surface area contributed by atoms with Crippen LogP contribution < -0.4 is 5.73 Å². The summed E-state index contributed by atoms with van der Waals surface area (Å²) in [5, 5.41) is 0. The topological polar surface area (TPSA) is 70.1 Å². The van der Waals surface area contributed by atoms with Gasteiger partial charge in [-0.2, -0.15) is 0 Å². The van der Waals surface area contributed by atoms with Crippen molar-refractivity contribution in [2.45, 2.75) is 39.3 Å². The number of aryl methyl sites for hydroxylation is 1. The monoisotopic (exact) mass is 225 g/mol. The van der Waals surface area contributed by atoms with Crippen LogP contribution in [-0.2, 0) is 22.5 Å². The molecule has 0 fully saturated rings. The number of hydrogen-bond acceptors (Lipinski definition) is 4. The molecule has 0 saturated heterocycles. The van der Waals surface area contributed by atoms with Crippen molar-refractivity contribution in [2.75, 3.05) is 6.61 Å². The number of aromatic nitrogens is 2. The quantitative estimate of drug-likeness (QED) is 0.724. The number of hydrogen-bond donors (Lipinski definition) is 1. The fraction of sp³-hybridized carbons (Fsp3) is 0.636. The summed E-state index contributed by atoms with van der Waals surface area (Å²) in [4.78, 5) is 15.4. The zero-order chi connectivity index (χ0) is 12.0. The van der Waals surface area contributed by atoms with E-state index in [0.29, 0.717) is 13.0 Å². The summed E-state index contributed by atoms with van der Waals surface area (Å²) in [6, 6.07) is -0.604. The third kappa shape index (κ3) is 3.34. The molecule has 16 heavy (non-hydrogen) atoms. The molecule has 0 aromatic carbocycles. The van der Waals surface area contributed by atoms with Gasteiger partial charge < -0.3 is 15.0 Å². The van der Waals surface area contributed by atoms with Crippen LogP contribution >= 0.6 is 0 Å². The van der Waals surface area contributed by atoms with Crippen molar-refractivity contribution >= 4 is 5.97 Å². The molecule has 1 heterocycles. The molecule has 1 atom stereocenters. The smallest absolute Gasteiger partial charge is 0.323 e. The SMILES string of the molecule is CCCn1cncc1CC(N)C(=O)OCC. The molecule has 2 N–H and O–H groups in total. The Kier molecular flexibility index (Phi) is 4.98. The van der Waals surface area contributed by atoms with E-state index in [-0.39, 0.29) is 5.97 Å². The molecule has 0 spiro atoms. The summed E-state index contributed by atoms with van der Waals surface area (Å²) in [7, 11) is 0. The second-order valence-corrected chi connectivity index (χ2v) is 3.64. The number of imidazole rings is 1. The van der Waals surface area contributed by atoms with Gasteiger partial charge in [0, 0.05) is 24.9 Å². The lowest BCUT2D eigenvalue weighted by Crippen LogP contribution is -2.35. The molecule has 0 aliphatic carbocycles. The molecule has 0 bridgehead atoms. The zero-order valence-corrected chi connectivity index (χ0v) is 9.85. The van der Waals surface area contributed by atoms with Gasteiger partial charge in [-0.1, -0.05) is 6.92 Å². The van der Waals surface area contributed by atoms with Crippen molar-refractivity contribution in [3.63, 3.8) is 0 Å². The standard InChI is InChI=1S/C11H19N3O2/c1-3-5-14-8-13-7-9(14)6-10(12)11(15)16-4-2/h7-8,10H,3-6,12H2,1-2H3. The Morgan fingerprint density at radius 3 is 3.00 bits per heavy atom. The molecule has 5 heteroatoms. The largest absolute Gasteiger partial charge is 0.465 e. The van der Waals surface area contributed by atoms with Crippen LogP contribution in [0.25, 0.3) is 0 Å². The number of esters is 1. The zero-order valence-electron chi connectivity index (χ0n) is 9.85. The van der Waals surface area contributed by atoms with E-state index in [2.05, 4.69) is 11.9 Å². The Hall–Kier alpha value is -1.36. The second-order valence-electron chi connectivity index (χ2n) is 3.64. The molecule has 1 rings (SSSR count). The average Bonchev–Trinajstić information content (AvgIpc) is 2.67. The number of ether oxygens (including phenoxy) is 1. The van der Waals surface area contributed by atoms with E-state index in [4.69, 9.17) is 10.5 Å². The molecule has 0 aliphatic heterocycles. The van der Waals surface area contributed by atoms with Gasteiger partial charge in [-0.25, -0.2) is 4.98 Å². The summed E-state index contributed by atoms with van der Waals surface area (Å²) in [6.07, 6.45) is 5.00. The van der Waals surface area contributed by atoms with Gasteiger partial charge in [-0.15, -0.1) is 0 Å². The van der Waals surface area contributed by atoms with Crippen molar-refractivity contribution in [3.05, 3.63) is 18.2 Å². The van der Waals surface area contributed by atoms with Crippen LogP contribution in [0, 0.1) is 0 Å². The Morgan fingerprint density at radius 2 is 2.38 bits per heavy atom. The highest BCUT2D eigenvalue weighted by molar-refractivity contribution is 5.75. The lowest BCUT2D eigenvalue weighted by Gasteiger charge is -2.11. The van der Waals surface area contributed by atoms with E-state index in [9.17, 15) is 4.79 Å². The first-order chi connectivity index (χ1) is 7.69. The lowest BCUT2D eigenvalue weighted by atomic mass is 10.2. The first-order valence-corrected chi connectivity index (χ1v) is 5.60. The number of rotatable bonds is 6. The van der Waals surface area contributed by atoms with E-state index < -0.39 is 6.04 Å². The van der Waals surface area contributed by atoms with Crippen LogP contribution in [-0.4, -0.2) is 28.2 Å². The van der Waals surface area contributed by atoms with Gasteiger partial charge in [0.1, 0.15) is 6.04 Å². The first kappa shape index (κ1) is 12.7. The van der Waals surface area contributed by atoms with Gasteiger partial charge >= 0.3 is 5.97 Å². The fourth-order valence-corrected chi connectivity index (χ4v) is 1.52. The predicted octanol–water partition coefficient (Wildman–Crippen LogP) is 0.726. The molecule has 0 amide bonds. The molecule has 1 aromatic rings. The van der Waals surface area contributed by atoms with Crippen LogP contribution in [0.4, 0.5) is 0 Å². The predicted molar refractivity (Wildman–Crippen MR) is 60.8 cm³/mol. The van der Waals surface area contributed by atoms with E-state index in [1.807, 2.05) is 4.57 Å². The molecule has 0 aliphatic rings. The maximum Gasteiger partial charge on any atom is 0.323 e. The first-order valence-electron chi connectivity index (χ1n) is 5.60. The Bertz CT molecular complexity index is 336. The normalized spacial score (nSPS) is 12.4. The van der Waals surface area contributed by atoms with Gasteiger partial charge in [0.2, 0.25) is 0 Å². The summed E-state index contributed by atoms with van der Waals surface area (Å²) >= 11 is 0. The Balaban J connectivity index is 2.58. The van der Waals surface area contributed by atoms with Gasteiger partial charge in [0.25, 0.3) is 0 Å². The number of nitrogens with two attached hydrogens (primary N) is 1. The van der Waals surface area contributed by atoms with E-state index in [1.54, 1.807) is 19.4 Å². The summed E-state index contributed by atoms with van der Waals surface area (Å²) < 4.78 is 6.87. The highest BCUT2D eigenvalue weighted by Gasteiger charge is 2.16. The maximum absolute atomic E-state index is 11.4.